The summed E-state index contributed by atoms with van der Waals surface area (Å²) in [7, 11) is 0. The summed E-state index contributed by atoms with van der Waals surface area (Å²) < 4.78 is 46.2. The number of anilines is 2. The maximum atomic E-state index is 13.5. The average Bonchev–Trinajstić information content (AvgIpc) is 2.70. The predicted octanol–water partition coefficient (Wildman–Crippen LogP) is 5.13. The highest BCUT2D eigenvalue weighted by Gasteiger charge is 2.42. The third kappa shape index (κ3) is 5.37. The third-order valence-corrected chi connectivity index (χ3v) is 4.98. The van der Waals surface area contributed by atoms with Crippen LogP contribution in [0.25, 0.3) is 0 Å². The van der Waals surface area contributed by atoms with E-state index in [1.807, 2.05) is 0 Å². The smallest absolute Gasteiger partial charge is 0.396 e. The predicted molar refractivity (Wildman–Crippen MR) is 112 cm³/mol. The molecule has 31 heavy (non-hydrogen) atoms. The maximum Gasteiger partial charge on any atom is 0.396 e. The lowest BCUT2D eigenvalue weighted by Gasteiger charge is -2.34. The summed E-state index contributed by atoms with van der Waals surface area (Å²) in [4.78, 5) is 26.8. The van der Waals surface area contributed by atoms with Gasteiger partial charge in [0, 0.05) is 17.5 Å². The van der Waals surface area contributed by atoms with Gasteiger partial charge in [-0.2, -0.15) is 13.2 Å². The Kier molecular flexibility index (Phi) is 6.29. The second-order valence-corrected chi connectivity index (χ2v) is 8.49. The van der Waals surface area contributed by atoms with Gasteiger partial charge in [-0.25, -0.2) is 0 Å². The van der Waals surface area contributed by atoms with Gasteiger partial charge in [-0.05, 0) is 23.8 Å². The minimum absolute atomic E-state index is 0.0333. The van der Waals surface area contributed by atoms with E-state index in [4.69, 9.17) is 4.74 Å². The quantitative estimate of drug-likeness (QED) is 0.726. The number of alkyl halides is 3. The van der Waals surface area contributed by atoms with Crippen LogP contribution in [-0.4, -0.2) is 31.1 Å². The first-order valence-corrected chi connectivity index (χ1v) is 9.97. The van der Waals surface area contributed by atoms with Gasteiger partial charge in [0.25, 0.3) is 0 Å². The van der Waals surface area contributed by atoms with Crippen LogP contribution in [0.4, 0.5) is 24.5 Å². The molecule has 2 aromatic rings. The van der Waals surface area contributed by atoms with E-state index in [1.54, 1.807) is 49.9 Å². The first kappa shape index (κ1) is 22.7. The largest absolute Gasteiger partial charge is 0.490 e. The molecular weight excluding hydrogens is 409 g/mol. The molecule has 166 valence electrons. The van der Waals surface area contributed by atoms with Crippen LogP contribution >= 0.6 is 0 Å². The molecule has 5 nitrogen and oxygen atoms in total. The number of amides is 2. The third-order valence-electron chi connectivity index (χ3n) is 4.98. The lowest BCUT2D eigenvalue weighted by Crippen LogP contribution is -2.44. The molecule has 0 bridgehead atoms. The molecule has 0 spiro atoms. The Morgan fingerprint density at radius 3 is 2.39 bits per heavy atom. The van der Waals surface area contributed by atoms with Gasteiger partial charge in [-0.3, -0.25) is 9.59 Å². The van der Waals surface area contributed by atoms with Gasteiger partial charge in [0.15, 0.2) is 0 Å². The molecule has 1 heterocycles. The summed E-state index contributed by atoms with van der Waals surface area (Å²) >= 11 is 0. The first-order valence-electron chi connectivity index (χ1n) is 9.97. The van der Waals surface area contributed by atoms with Crippen molar-refractivity contribution in [1.82, 2.24) is 0 Å². The van der Waals surface area contributed by atoms with Gasteiger partial charge >= 0.3 is 6.18 Å². The molecule has 0 saturated heterocycles. The van der Waals surface area contributed by atoms with Gasteiger partial charge in [0.2, 0.25) is 11.8 Å². The lowest BCUT2D eigenvalue weighted by atomic mass is 9.94. The molecule has 0 aliphatic carbocycles. The van der Waals surface area contributed by atoms with E-state index in [0.717, 1.165) is 0 Å². The molecule has 2 aromatic carbocycles. The number of fused-ring (bicyclic) bond motifs is 1. The van der Waals surface area contributed by atoms with Crippen LogP contribution < -0.4 is 15.0 Å². The summed E-state index contributed by atoms with van der Waals surface area (Å²) in [6.07, 6.45) is -5.30. The van der Waals surface area contributed by atoms with Crippen molar-refractivity contribution in [3.05, 3.63) is 54.1 Å². The van der Waals surface area contributed by atoms with Crippen molar-refractivity contribution in [3.63, 3.8) is 0 Å². The van der Waals surface area contributed by atoms with Crippen LogP contribution in [-0.2, 0) is 9.59 Å². The van der Waals surface area contributed by atoms with Gasteiger partial charge in [0.1, 0.15) is 12.4 Å². The van der Waals surface area contributed by atoms with Crippen LogP contribution in [0.15, 0.2) is 48.5 Å². The number of benzene rings is 2. The van der Waals surface area contributed by atoms with E-state index in [1.165, 1.54) is 24.3 Å². The fourth-order valence-corrected chi connectivity index (χ4v) is 3.42. The van der Waals surface area contributed by atoms with E-state index < -0.39 is 29.8 Å². The summed E-state index contributed by atoms with van der Waals surface area (Å²) in [6, 6.07) is 12.1. The SMILES string of the molecule is CC(C)(C)C(=O)N1CCOc2ccc(NC(=O)CC(c3ccccc3)C(F)(F)F)cc21. The van der Waals surface area contributed by atoms with Crippen LogP contribution in [0, 0.1) is 5.41 Å². The maximum absolute atomic E-state index is 13.5. The number of nitrogens with zero attached hydrogens (tertiary/aromatic N) is 1. The minimum atomic E-state index is -4.56. The number of hydrogen-bond acceptors (Lipinski definition) is 3. The molecule has 3 rings (SSSR count). The fourth-order valence-electron chi connectivity index (χ4n) is 3.42. The lowest BCUT2D eigenvalue weighted by molar-refractivity contribution is -0.155. The van der Waals surface area contributed by atoms with Crippen molar-refractivity contribution in [2.45, 2.75) is 39.3 Å². The van der Waals surface area contributed by atoms with Crippen molar-refractivity contribution in [2.24, 2.45) is 5.41 Å². The second-order valence-electron chi connectivity index (χ2n) is 8.49. The summed E-state index contributed by atoms with van der Waals surface area (Å²) in [5.74, 6) is -2.30. The zero-order chi connectivity index (χ0) is 22.8. The van der Waals surface area contributed by atoms with E-state index >= 15 is 0 Å². The number of carbonyl (C=O) groups excluding carboxylic acids is 2. The molecule has 0 radical (unpaired) electrons. The molecule has 1 atom stereocenters. The molecule has 0 fully saturated rings. The molecule has 0 saturated carbocycles. The monoisotopic (exact) mass is 434 g/mol. The Labute approximate surface area is 179 Å². The van der Waals surface area contributed by atoms with Crippen LogP contribution in [0.1, 0.15) is 38.7 Å². The molecule has 1 aliphatic rings. The molecule has 8 heteroatoms. The van der Waals surface area contributed by atoms with Crippen molar-refractivity contribution < 1.29 is 27.5 Å². The minimum Gasteiger partial charge on any atom is -0.490 e. The summed E-state index contributed by atoms with van der Waals surface area (Å²) in [5, 5.41) is 2.53. The molecule has 0 aromatic heterocycles. The average molecular weight is 434 g/mol. The molecular formula is C23H25F3N2O3. The highest BCUT2D eigenvalue weighted by Crippen LogP contribution is 2.39. The van der Waals surface area contributed by atoms with Crippen molar-refractivity contribution in [3.8, 4) is 5.75 Å². The molecule has 2 amide bonds. The molecule has 1 unspecified atom stereocenters. The van der Waals surface area contributed by atoms with E-state index in [0.29, 0.717) is 30.3 Å². The van der Waals surface area contributed by atoms with Gasteiger partial charge in [-0.15, -0.1) is 0 Å². The highest BCUT2D eigenvalue weighted by atomic mass is 19.4. The van der Waals surface area contributed by atoms with Crippen molar-refractivity contribution in [2.75, 3.05) is 23.4 Å². The van der Waals surface area contributed by atoms with E-state index in [-0.39, 0.29) is 11.5 Å². The molecule has 1 N–H and O–H groups in total. The Morgan fingerprint density at radius 2 is 1.77 bits per heavy atom. The van der Waals surface area contributed by atoms with Crippen molar-refractivity contribution >= 4 is 23.2 Å². The number of hydrogen-bond donors (Lipinski definition) is 1. The van der Waals surface area contributed by atoms with Gasteiger partial charge < -0.3 is 15.0 Å². The standard InChI is InChI=1S/C23H25F3N2O3/c1-22(2,3)21(30)28-11-12-31-19-10-9-16(13-18(19)28)27-20(29)14-17(23(24,25)26)15-7-5-4-6-8-15/h4-10,13,17H,11-12,14H2,1-3H3,(H,27,29). The zero-order valence-electron chi connectivity index (χ0n) is 17.6. The second kappa shape index (κ2) is 8.61. The fraction of sp³-hybridized carbons (Fsp3) is 0.391. The van der Waals surface area contributed by atoms with Crippen molar-refractivity contribution in [1.29, 1.82) is 0 Å². The number of halogens is 3. The number of ether oxygens (including phenoxy) is 1. The number of nitrogens with one attached hydrogen (secondary N) is 1. The summed E-state index contributed by atoms with van der Waals surface area (Å²) in [5.41, 5.74) is 0.198. The topological polar surface area (TPSA) is 58.6 Å². The Hall–Kier alpha value is -3.03. The zero-order valence-corrected chi connectivity index (χ0v) is 17.6. The van der Waals surface area contributed by atoms with Gasteiger partial charge in [0.05, 0.1) is 18.2 Å². The number of carbonyl (C=O) groups is 2. The van der Waals surface area contributed by atoms with Crippen LogP contribution in [0.3, 0.4) is 0 Å². The van der Waals surface area contributed by atoms with E-state index in [2.05, 4.69) is 5.32 Å². The Bertz CT molecular complexity index is 953. The number of rotatable bonds is 4. The normalized spacial score (nSPS) is 15.0. The van der Waals surface area contributed by atoms with Crippen LogP contribution in [0.2, 0.25) is 0 Å². The van der Waals surface area contributed by atoms with E-state index in [9.17, 15) is 22.8 Å². The Balaban J connectivity index is 1.80. The first-order chi connectivity index (χ1) is 14.5. The Morgan fingerprint density at radius 1 is 1.10 bits per heavy atom. The molecule has 1 aliphatic heterocycles. The van der Waals surface area contributed by atoms with Gasteiger partial charge in [-0.1, -0.05) is 51.1 Å². The summed E-state index contributed by atoms with van der Waals surface area (Å²) in [6.45, 7) is 6.10. The van der Waals surface area contributed by atoms with Crippen LogP contribution in [0.5, 0.6) is 5.75 Å². The highest BCUT2D eigenvalue weighted by molar-refractivity contribution is 6.00.